The summed E-state index contributed by atoms with van der Waals surface area (Å²) in [5, 5.41) is 21.5. The fraction of sp³-hybridized carbons (Fsp3) is 0. The van der Waals surface area contributed by atoms with Crippen molar-refractivity contribution in [1.29, 1.82) is 5.26 Å². The monoisotopic (exact) mass is 255 g/mol. The van der Waals surface area contributed by atoms with E-state index in [0.717, 1.165) is 5.56 Å². The molecule has 5 nitrogen and oxygen atoms in total. The molecule has 0 radical (unpaired) electrons. The molecule has 0 atom stereocenters. The molecule has 1 aromatic carbocycles. The Morgan fingerprint density at radius 2 is 2.06 bits per heavy atom. The second-order valence-electron chi connectivity index (χ2n) is 3.64. The molecular weight excluding hydrogens is 250 g/mol. The number of hydrogen-bond donors (Lipinski definition) is 0. The van der Waals surface area contributed by atoms with Crippen molar-refractivity contribution in [3.63, 3.8) is 0 Å². The maximum atomic E-state index is 8.89. The van der Waals surface area contributed by atoms with Crippen LogP contribution >= 0.6 is 11.6 Å². The van der Waals surface area contributed by atoms with E-state index in [4.69, 9.17) is 16.9 Å². The zero-order valence-corrected chi connectivity index (χ0v) is 9.83. The summed E-state index contributed by atoms with van der Waals surface area (Å²) in [5.74, 6) is 0.560. The van der Waals surface area contributed by atoms with Crippen molar-refractivity contribution in [1.82, 2.24) is 19.8 Å². The molecule has 0 unspecified atom stereocenters. The first-order valence-electron chi connectivity index (χ1n) is 5.16. The SMILES string of the molecule is N#Cc1cccc(-c2nnc3ccc(Cl)nn23)c1. The van der Waals surface area contributed by atoms with E-state index in [1.165, 1.54) is 0 Å². The highest BCUT2D eigenvalue weighted by atomic mass is 35.5. The number of rotatable bonds is 1. The number of nitriles is 1. The molecule has 0 aliphatic heterocycles. The van der Waals surface area contributed by atoms with Gasteiger partial charge in [0.05, 0.1) is 11.6 Å². The lowest BCUT2D eigenvalue weighted by Gasteiger charge is -1.99. The molecule has 0 aliphatic rings. The Hall–Kier alpha value is -2.45. The van der Waals surface area contributed by atoms with Crippen LogP contribution in [0.15, 0.2) is 36.4 Å². The van der Waals surface area contributed by atoms with E-state index in [0.29, 0.717) is 22.2 Å². The third-order valence-corrected chi connectivity index (χ3v) is 2.68. The number of nitrogens with zero attached hydrogens (tertiary/aromatic N) is 5. The Balaban J connectivity index is 2.25. The van der Waals surface area contributed by atoms with Gasteiger partial charge in [0.1, 0.15) is 5.15 Å². The molecule has 0 fully saturated rings. The molecule has 0 spiro atoms. The van der Waals surface area contributed by atoms with Gasteiger partial charge < -0.3 is 0 Å². The highest BCUT2D eigenvalue weighted by Crippen LogP contribution is 2.19. The van der Waals surface area contributed by atoms with Crippen LogP contribution in [0, 0.1) is 11.3 Å². The fourth-order valence-electron chi connectivity index (χ4n) is 1.67. The van der Waals surface area contributed by atoms with E-state index in [1.807, 2.05) is 6.07 Å². The largest absolute Gasteiger partial charge is 0.192 e. The Morgan fingerprint density at radius 1 is 1.17 bits per heavy atom. The Bertz CT molecular complexity index is 771. The van der Waals surface area contributed by atoms with Crippen LogP contribution in [0.2, 0.25) is 5.15 Å². The lowest BCUT2D eigenvalue weighted by Crippen LogP contribution is -1.95. The number of aromatic nitrogens is 4. The minimum absolute atomic E-state index is 0.361. The second-order valence-corrected chi connectivity index (χ2v) is 4.03. The Labute approximate surface area is 107 Å². The smallest absolute Gasteiger partial charge is 0.185 e. The van der Waals surface area contributed by atoms with Gasteiger partial charge in [0.15, 0.2) is 11.5 Å². The average molecular weight is 256 g/mol. The van der Waals surface area contributed by atoms with Gasteiger partial charge in [0.2, 0.25) is 0 Å². The first kappa shape index (κ1) is 10.7. The van der Waals surface area contributed by atoms with Crippen molar-refractivity contribution in [3.05, 3.63) is 47.1 Å². The topological polar surface area (TPSA) is 66.9 Å². The van der Waals surface area contributed by atoms with Crippen LogP contribution in [0.4, 0.5) is 0 Å². The molecule has 0 saturated carbocycles. The van der Waals surface area contributed by atoms with Crippen molar-refractivity contribution in [2.45, 2.75) is 0 Å². The quantitative estimate of drug-likeness (QED) is 0.669. The Kier molecular flexibility index (Phi) is 2.43. The molecule has 0 saturated heterocycles. The maximum absolute atomic E-state index is 8.89. The van der Waals surface area contributed by atoms with Crippen molar-refractivity contribution in [2.75, 3.05) is 0 Å². The fourth-order valence-corrected chi connectivity index (χ4v) is 1.81. The summed E-state index contributed by atoms with van der Waals surface area (Å²) < 4.78 is 1.55. The van der Waals surface area contributed by atoms with Gasteiger partial charge in [-0.3, -0.25) is 0 Å². The van der Waals surface area contributed by atoms with Crippen molar-refractivity contribution in [3.8, 4) is 17.5 Å². The number of halogens is 1. The van der Waals surface area contributed by atoms with Gasteiger partial charge in [-0.25, -0.2) is 0 Å². The van der Waals surface area contributed by atoms with Gasteiger partial charge in [0, 0.05) is 5.56 Å². The summed E-state index contributed by atoms with van der Waals surface area (Å²) in [7, 11) is 0. The molecule has 0 amide bonds. The molecule has 18 heavy (non-hydrogen) atoms. The molecule has 86 valence electrons. The molecule has 2 heterocycles. The molecule has 2 aromatic heterocycles. The number of hydrogen-bond acceptors (Lipinski definition) is 4. The molecule has 3 rings (SSSR count). The molecule has 0 bridgehead atoms. The maximum Gasteiger partial charge on any atom is 0.185 e. The predicted octanol–water partition coefficient (Wildman–Crippen LogP) is 2.32. The van der Waals surface area contributed by atoms with E-state index in [9.17, 15) is 0 Å². The summed E-state index contributed by atoms with van der Waals surface area (Å²) in [5.41, 5.74) is 1.94. The van der Waals surface area contributed by atoms with E-state index in [2.05, 4.69) is 21.4 Å². The van der Waals surface area contributed by atoms with Crippen LogP contribution in [0.3, 0.4) is 0 Å². The lowest BCUT2D eigenvalue weighted by molar-refractivity contribution is 0.936. The van der Waals surface area contributed by atoms with Gasteiger partial charge in [0.25, 0.3) is 0 Å². The highest BCUT2D eigenvalue weighted by Gasteiger charge is 2.09. The van der Waals surface area contributed by atoms with Gasteiger partial charge in [-0.1, -0.05) is 23.7 Å². The first-order chi connectivity index (χ1) is 8.78. The zero-order valence-electron chi connectivity index (χ0n) is 9.08. The minimum Gasteiger partial charge on any atom is -0.192 e. The van der Waals surface area contributed by atoms with Gasteiger partial charge in [-0.2, -0.15) is 14.9 Å². The summed E-state index contributed by atoms with van der Waals surface area (Å²) in [6.07, 6.45) is 0. The third-order valence-electron chi connectivity index (χ3n) is 2.48. The van der Waals surface area contributed by atoms with Crippen LogP contribution in [0.5, 0.6) is 0 Å². The van der Waals surface area contributed by atoms with Crippen LogP contribution in [-0.4, -0.2) is 19.8 Å². The van der Waals surface area contributed by atoms with Crippen molar-refractivity contribution in [2.24, 2.45) is 0 Å². The average Bonchev–Trinajstić information content (AvgIpc) is 2.81. The third kappa shape index (κ3) is 1.69. The molecule has 0 N–H and O–H groups in total. The zero-order chi connectivity index (χ0) is 12.5. The Morgan fingerprint density at radius 3 is 2.89 bits per heavy atom. The second kappa shape index (κ2) is 4.09. The molecule has 0 aliphatic carbocycles. The lowest BCUT2D eigenvalue weighted by atomic mass is 10.1. The predicted molar refractivity (Wildman–Crippen MR) is 65.9 cm³/mol. The molecule has 3 aromatic rings. The summed E-state index contributed by atoms with van der Waals surface area (Å²) in [6.45, 7) is 0. The van der Waals surface area contributed by atoms with E-state index >= 15 is 0 Å². The number of fused-ring (bicyclic) bond motifs is 1. The summed E-state index contributed by atoms with van der Waals surface area (Å²) in [6, 6.07) is 12.6. The van der Waals surface area contributed by atoms with Gasteiger partial charge in [-0.15, -0.1) is 10.2 Å². The van der Waals surface area contributed by atoms with Crippen LogP contribution in [0.25, 0.3) is 17.0 Å². The number of benzene rings is 1. The van der Waals surface area contributed by atoms with Crippen LogP contribution in [-0.2, 0) is 0 Å². The van der Waals surface area contributed by atoms with E-state index in [1.54, 1.807) is 34.8 Å². The van der Waals surface area contributed by atoms with Gasteiger partial charge >= 0.3 is 0 Å². The van der Waals surface area contributed by atoms with Crippen LogP contribution < -0.4 is 0 Å². The van der Waals surface area contributed by atoms with Crippen molar-refractivity contribution >= 4 is 17.2 Å². The van der Waals surface area contributed by atoms with E-state index < -0.39 is 0 Å². The van der Waals surface area contributed by atoms with Crippen molar-refractivity contribution < 1.29 is 0 Å². The minimum atomic E-state index is 0.361. The standard InChI is InChI=1S/C12H6ClN5/c13-10-4-5-11-15-16-12(18(11)17-10)9-3-1-2-8(6-9)7-14/h1-6H. The highest BCUT2D eigenvalue weighted by molar-refractivity contribution is 6.29. The van der Waals surface area contributed by atoms with Crippen LogP contribution in [0.1, 0.15) is 5.56 Å². The summed E-state index contributed by atoms with van der Waals surface area (Å²) >= 11 is 5.85. The first-order valence-corrected chi connectivity index (χ1v) is 5.54. The molecular formula is C12H6ClN5. The normalized spacial score (nSPS) is 10.4. The van der Waals surface area contributed by atoms with Gasteiger partial charge in [-0.05, 0) is 24.3 Å². The van der Waals surface area contributed by atoms with E-state index in [-0.39, 0.29) is 0 Å². The summed E-state index contributed by atoms with van der Waals surface area (Å²) in [4.78, 5) is 0. The molecule has 6 heteroatoms.